The summed E-state index contributed by atoms with van der Waals surface area (Å²) in [6, 6.07) is 13.8. The second-order valence-corrected chi connectivity index (χ2v) is 6.26. The number of nitrogens with zero attached hydrogens (tertiary/aromatic N) is 2. The van der Waals surface area contributed by atoms with Crippen LogP contribution in [0.3, 0.4) is 0 Å². The second kappa shape index (κ2) is 7.93. The lowest BCUT2D eigenvalue weighted by Crippen LogP contribution is -2.23. The van der Waals surface area contributed by atoms with Gasteiger partial charge in [0, 0.05) is 38.4 Å². The van der Waals surface area contributed by atoms with Gasteiger partial charge < -0.3 is 10.6 Å². The first kappa shape index (κ1) is 16.5. The van der Waals surface area contributed by atoms with E-state index in [-0.39, 0.29) is 5.91 Å². The highest BCUT2D eigenvalue weighted by molar-refractivity contribution is 5.93. The van der Waals surface area contributed by atoms with Gasteiger partial charge in [-0.05, 0) is 48.7 Å². The molecular formula is C19H24N4O. The first-order valence-corrected chi connectivity index (χ1v) is 8.43. The average Bonchev–Trinajstić information content (AvgIpc) is 3.08. The number of hydrogen-bond donors (Lipinski definition) is 2. The Morgan fingerprint density at radius 1 is 1.25 bits per heavy atom. The van der Waals surface area contributed by atoms with Gasteiger partial charge >= 0.3 is 0 Å². The van der Waals surface area contributed by atoms with Crippen LogP contribution in [0.15, 0.2) is 48.7 Å². The Morgan fingerprint density at radius 3 is 2.79 bits per heavy atom. The Hall–Kier alpha value is -2.40. The minimum absolute atomic E-state index is 0.0385. The van der Waals surface area contributed by atoms with Gasteiger partial charge in [0.1, 0.15) is 5.82 Å². The summed E-state index contributed by atoms with van der Waals surface area (Å²) < 4.78 is 0. The number of pyridine rings is 1. The molecule has 1 saturated heterocycles. The molecule has 2 heterocycles. The van der Waals surface area contributed by atoms with Crippen molar-refractivity contribution < 1.29 is 4.79 Å². The van der Waals surface area contributed by atoms with Crippen molar-refractivity contribution >= 4 is 11.7 Å². The molecule has 1 fully saturated rings. The van der Waals surface area contributed by atoms with Gasteiger partial charge in [-0.25, -0.2) is 4.98 Å². The van der Waals surface area contributed by atoms with Gasteiger partial charge in [-0.1, -0.05) is 18.2 Å². The fourth-order valence-corrected chi connectivity index (χ4v) is 3.10. The van der Waals surface area contributed by atoms with E-state index in [0.717, 1.165) is 32.0 Å². The first-order chi connectivity index (χ1) is 11.7. The number of nitrogens with one attached hydrogen (secondary N) is 2. The molecule has 0 aliphatic carbocycles. The zero-order chi connectivity index (χ0) is 16.8. The molecule has 24 heavy (non-hydrogen) atoms. The Bertz CT molecular complexity index is 657. The zero-order valence-corrected chi connectivity index (χ0v) is 14.0. The lowest BCUT2D eigenvalue weighted by Gasteiger charge is -2.17. The molecule has 3 rings (SSSR count). The van der Waals surface area contributed by atoms with E-state index in [9.17, 15) is 4.79 Å². The van der Waals surface area contributed by atoms with E-state index in [1.165, 1.54) is 12.0 Å². The lowest BCUT2D eigenvalue weighted by atomic mass is 10.1. The number of benzene rings is 1. The van der Waals surface area contributed by atoms with Crippen molar-refractivity contribution in [1.82, 2.24) is 15.2 Å². The normalized spacial score (nSPS) is 17.6. The highest BCUT2D eigenvalue weighted by Crippen LogP contribution is 2.19. The van der Waals surface area contributed by atoms with Crippen molar-refractivity contribution in [3.05, 3.63) is 59.8 Å². The van der Waals surface area contributed by atoms with E-state index in [2.05, 4.69) is 20.5 Å². The molecule has 0 radical (unpaired) electrons. The summed E-state index contributed by atoms with van der Waals surface area (Å²) in [5, 5.41) is 6.06. The number of carbonyl (C=O) groups excluding carboxylic acids is 1. The number of carbonyl (C=O) groups is 1. The van der Waals surface area contributed by atoms with Crippen LogP contribution in [0, 0.1) is 5.92 Å². The van der Waals surface area contributed by atoms with Crippen LogP contribution < -0.4 is 10.6 Å². The van der Waals surface area contributed by atoms with Crippen LogP contribution in [-0.4, -0.2) is 42.5 Å². The number of hydrogen-bond acceptors (Lipinski definition) is 4. The fourth-order valence-electron chi connectivity index (χ4n) is 3.10. The van der Waals surface area contributed by atoms with Gasteiger partial charge in [-0.15, -0.1) is 0 Å². The largest absolute Gasteiger partial charge is 0.370 e. The molecule has 1 aromatic heterocycles. The Morgan fingerprint density at radius 2 is 2.08 bits per heavy atom. The van der Waals surface area contributed by atoms with Crippen molar-refractivity contribution in [2.75, 3.05) is 32.0 Å². The quantitative estimate of drug-likeness (QED) is 0.856. The summed E-state index contributed by atoms with van der Waals surface area (Å²) in [7, 11) is 1.65. The molecule has 0 saturated carbocycles. The standard InChI is InChI=1S/C19H24N4O/c1-20-19(24)17-7-5-15(6-8-17)13-23-11-9-16(14-23)12-22-18-4-2-3-10-21-18/h2-8,10,16H,9,11-14H2,1H3,(H,20,24)(H,21,22)/t16-/m0/s1. The van der Waals surface area contributed by atoms with E-state index in [0.29, 0.717) is 11.5 Å². The van der Waals surface area contributed by atoms with Gasteiger partial charge in [0.2, 0.25) is 0 Å². The summed E-state index contributed by atoms with van der Waals surface area (Å²) in [6.45, 7) is 4.11. The number of aromatic nitrogens is 1. The number of amides is 1. The van der Waals surface area contributed by atoms with Crippen molar-refractivity contribution in [3.63, 3.8) is 0 Å². The van der Waals surface area contributed by atoms with E-state index in [4.69, 9.17) is 0 Å². The average molecular weight is 324 g/mol. The van der Waals surface area contributed by atoms with E-state index in [1.807, 2.05) is 48.7 Å². The lowest BCUT2D eigenvalue weighted by molar-refractivity contribution is 0.0963. The van der Waals surface area contributed by atoms with E-state index >= 15 is 0 Å². The summed E-state index contributed by atoms with van der Waals surface area (Å²) in [5.74, 6) is 1.56. The minimum Gasteiger partial charge on any atom is -0.370 e. The maximum atomic E-state index is 11.6. The number of rotatable bonds is 6. The van der Waals surface area contributed by atoms with Crippen LogP contribution in [0.2, 0.25) is 0 Å². The fraction of sp³-hybridized carbons (Fsp3) is 0.368. The predicted octanol–water partition coefficient (Wildman–Crippen LogP) is 2.38. The molecule has 1 amide bonds. The number of likely N-dealkylation sites (tertiary alicyclic amines) is 1. The monoisotopic (exact) mass is 324 g/mol. The van der Waals surface area contributed by atoms with Gasteiger partial charge in [0.05, 0.1) is 0 Å². The molecule has 0 unspecified atom stereocenters. The molecule has 5 nitrogen and oxygen atoms in total. The van der Waals surface area contributed by atoms with Gasteiger partial charge in [-0.2, -0.15) is 0 Å². The Labute approximate surface area is 143 Å². The van der Waals surface area contributed by atoms with Crippen LogP contribution in [-0.2, 0) is 6.54 Å². The molecule has 0 bridgehead atoms. The maximum Gasteiger partial charge on any atom is 0.251 e. The Balaban J connectivity index is 1.46. The van der Waals surface area contributed by atoms with Crippen LogP contribution in [0.1, 0.15) is 22.3 Å². The van der Waals surface area contributed by atoms with Crippen LogP contribution in [0.5, 0.6) is 0 Å². The van der Waals surface area contributed by atoms with Crippen molar-refractivity contribution in [1.29, 1.82) is 0 Å². The molecule has 0 spiro atoms. The van der Waals surface area contributed by atoms with Crippen LogP contribution in [0.25, 0.3) is 0 Å². The molecule has 1 aromatic carbocycles. The summed E-state index contributed by atoms with van der Waals surface area (Å²) >= 11 is 0. The molecular weight excluding hydrogens is 300 g/mol. The smallest absolute Gasteiger partial charge is 0.251 e. The van der Waals surface area contributed by atoms with Gasteiger partial charge in [-0.3, -0.25) is 9.69 Å². The van der Waals surface area contributed by atoms with Crippen LogP contribution >= 0.6 is 0 Å². The van der Waals surface area contributed by atoms with Gasteiger partial charge in [0.25, 0.3) is 5.91 Å². The summed E-state index contributed by atoms with van der Waals surface area (Å²) in [6.07, 6.45) is 3.02. The predicted molar refractivity (Wildman–Crippen MR) is 95.9 cm³/mol. The molecule has 2 aromatic rings. The van der Waals surface area contributed by atoms with E-state index in [1.54, 1.807) is 7.05 Å². The molecule has 2 N–H and O–H groups in total. The second-order valence-electron chi connectivity index (χ2n) is 6.26. The highest BCUT2D eigenvalue weighted by atomic mass is 16.1. The maximum absolute atomic E-state index is 11.6. The van der Waals surface area contributed by atoms with Crippen LogP contribution in [0.4, 0.5) is 5.82 Å². The number of anilines is 1. The molecule has 1 atom stereocenters. The third-order valence-corrected chi connectivity index (χ3v) is 4.46. The molecule has 1 aliphatic heterocycles. The van der Waals surface area contributed by atoms with Gasteiger partial charge in [0.15, 0.2) is 0 Å². The molecule has 126 valence electrons. The highest BCUT2D eigenvalue weighted by Gasteiger charge is 2.22. The zero-order valence-electron chi connectivity index (χ0n) is 14.0. The topological polar surface area (TPSA) is 57.3 Å². The first-order valence-electron chi connectivity index (χ1n) is 8.43. The van der Waals surface area contributed by atoms with E-state index < -0.39 is 0 Å². The summed E-state index contributed by atoms with van der Waals surface area (Å²) in [5.41, 5.74) is 1.96. The third-order valence-electron chi connectivity index (χ3n) is 4.46. The van der Waals surface area contributed by atoms with Crippen molar-refractivity contribution in [2.45, 2.75) is 13.0 Å². The minimum atomic E-state index is -0.0385. The van der Waals surface area contributed by atoms with Crippen molar-refractivity contribution in [2.24, 2.45) is 5.92 Å². The third kappa shape index (κ3) is 4.32. The Kier molecular flexibility index (Phi) is 5.43. The summed E-state index contributed by atoms with van der Waals surface area (Å²) in [4.78, 5) is 18.3. The molecule has 1 aliphatic rings. The van der Waals surface area contributed by atoms with Crippen molar-refractivity contribution in [3.8, 4) is 0 Å². The SMILES string of the molecule is CNC(=O)c1ccc(CN2CC[C@@H](CNc3ccccn3)C2)cc1. The molecule has 5 heteroatoms.